The monoisotopic (exact) mass is 425 g/mol. The topological polar surface area (TPSA) is 196 Å². The summed E-state index contributed by atoms with van der Waals surface area (Å²) in [7, 11) is -4.39. The molecule has 0 bridgehead atoms. The molecule has 0 spiro atoms. The fourth-order valence-electron chi connectivity index (χ4n) is 2.54. The SMILES string of the molecule is CC1(C)O[C@@H]2[C@@H](OS(=O)[O-])[C@@H](OS(=O)[O-])CO[C@]2(COS(N)(=O)=O)O1. The van der Waals surface area contributed by atoms with Crippen LogP contribution in [0.5, 0.6) is 0 Å². The van der Waals surface area contributed by atoms with Gasteiger partial charge in [0.1, 0.15) is 24.9 Å². The summed E-state index contributed by atoms with van der Waals surface area (Å²) >= 11 is -6.09. The van der Waals surface area contributed by atoms with E-state index in [9.17, 15) is 25.9 Å². The fourth-order valence-corrected chi connectivity index (χ4v) is 3.64. The van der Waals surface area contributed by atoms with Crippen molar-refractivity contribution in [3.05, 3.63) is 0 Å². The van der Waals surface area contributed by atoms with Crippen molar-refractivity contribution in [1.29, 1.82) is 0 Å². The normalized spacial score (nSPS) is 37.4. The third kappa shape index (κ3) is 5.44. The predicted octanol–water partition coefficient (Wildman–Crippen LogP) is -2.56. The van der Waals surface area contributed by atoms with Gasteiger partial charge in [0.05, 0.1) is 29.3 Å². The van der Waals surface area contributed by atoms with Crippen LogP contribution in [-0.2, 0) is 59.8 Å². The van der Waals surface area contributed by atoms with Gasteiger partial charge in [-0.3, -0.25) is 12.5 Å². The molecule has 0 aromatic heterocycles. The maximum absolute atomic E-state index is 11.1. The highest BCUT2D eigenvalue weighted by atomic mass is 32.2. The molecule has 2 aliphatic rings. The lowest BCUT2D eigenvalue weighted by Crippen LogP contribution is -2.63. The van der Waals surface area contributed by atoms with Crippen molar-refractivity contribution in [3.8, 4) is 0 Å². The molecule has 6 atom stereocenters. The van der Waals surface area contributed by atoms with Gasteiger partial charge < -0.3 is 23.3 Å². The minimum Gasteiger partial charge on any atom is -0.750 e. The molecule has 2 N–H and O–H groups in total. The van der Waals surface area contributed by atoms with Crippen LogP contribution in [0.3, 0.4) is 0 Å². The summed E-state index contributed by atoms with van der Waals surface area (Å²) in [6.07, 6.45) is -4.35. The molecule has 2 heterocycles. The summed E-state index contributed by atoms with van der Waals surface area (Å²) in [6, 6.07) is 0. The van der Waals surface area contributed by atoms with Crippen LogP contribution in [0.4, 0.5) is 0 Å². The molecule has 13 nitrogen and oxygen atoms in total. The second-order valence-electron chi connectivity index (χ2n) is 5.52. The Bertz CT molecular complexity index is 652. The molecule has 0 aromatic carbocycles. The average molecular weight is 425 g/mol. The molecule has 0 amide bonds. The van der Waals surface area contributed by atoms with E-state index >= 15 is 0 Å². The Morgan fingerprint density at radius 3 is 2.36 bits per heavy atom. The maximum atomic E-state index is 11.1. The largest absolute Gasteiger partial charge is 0.750 e. The number of nitrogens with two attached hydrogens (primary N) is 1. The zero-order chi connectivity index (χ0) is 19.0. The smallest absolute Gasteiger partial charge is 0.333 e. The zero-order valence-corrected chi connectivity index (χ0v) is 15.3. The van der Waals surface area contributed by atoms with Gasteiger partial charge in [-0.1, -0.05) is 0 Å². The van der Waals surface area contributed by atoms with Gasteiger partial charge in [0.15, 0.2) is 5.79 Å². The summed E-state index contributed by atoms with van der Waals surface area (Å²) in [4.78, 5) is 0. The van der Waals surface area contributed by atoms with E-state index in [1.54, 1.807) is 0 Å². The first kappa shape index (κ1) is 21.2. The quantitative estimate of drug-likeness (QED) is 0.420. The minimum atomic E-state index is -4.39. The van der Waals surface area contributed by atoms with Crippen LogP contribution < -0.4 is 5.14 Å². The predicted molar refractivity (Wildman–Crippen MR) is 75.4 cm³/mol. The van der Waals surface area contributed by atoms with Gasteiger partial charge in [0.25, 0.3) is 0 Å². The highest BCUT2D eigenvalue weighted by molar-refractivity contribution is 7.84. The van der Waals surface area contributed by atoms with Crippen molar-refractivity contribution in [2.45, 2.75) is 43.7 Å². The second kappa shape index (κ2) is 7.49. The van der Waals surface area contributed by atoms with Gasteiger partial charge in [0, 0.05) is 0 Å². The van der Waals surface area contributed by atoms with Crippen molar-refractivity contribution < 1.29 is 52.7 Å². The summed E-state index contributed by atoms with van der Waals surface area (Å²) in [6.45, 7) is 1.54. The molecule has 0 aromatic rings. The van der Waals surface area contributed by atoms with Gasteiger partial charge in [-0.25, -0.2) is 13.6 Å². The Morgan fingerprint density at radius 1 is 1.24 bits per heavy atom. The van der Waals surface area contributed by atoms with Crippen molar-refractivity contribution in [3.63, 3.8) is 0 Å². The van der Waals surface area contributed by atoms with Crippen LogP contribution >= 0.6 is 0 Å². The molecular weight excluding hydrogens is 410 g/mol. The van der Waals surface area contributed by atoms with Gasteiger partial charge in [0.2, 0.25) is 5.79 Å². The van der Waals surface area contributed by atoms with E-state index < -0.39 is 76.1 Å². The summed E-state index contributed by atoms with van der Waals surface area (Å²) < 4.78 is 95.7. The van der Waals surface area contributed by atoms with Gasteiger partial charge in [-0.15, -0.1) is 0 Å². The zero-order valence-electron chi connectivity index (χ0n) is 12.8. The Kier molecular flexibility index (Phi) is 6.35. The van der Waals surface area contributed by atoms with E-state index in [0.717, 1.165) is 0 Å². The molecule has 148 valence electrons. The van der Waals surface area contributed by atoms with Crippen LogP contribution in [0.2, 0.25) is 0 Å². The van der Waals surface area contributed by atoms with Crippen LogP contribution in [0, 0.1) is 0 Å². The van der Waals surface area contributed by atoms with E-state index in [1.165, 1.54) is 13.8 Å². The average Bonchev–Trinajstić information content (AvgIpc) is 2.69. The maximum Gasteiger partial charge on any atom is 0.333 e. The van der Waals surface area contributed by atoms with Gasteiger partial charge >= 0.3 is 10.3 Å². The van der Waals surface area contributed by atoms with E-state index in [2.05, 4.69) is 12.5 Å². The molecule has 16 heteroatoms. The van der Waals surface area contributed by atoms with Crippen LogP contribution in [0.15, 0.2) is 0 Å². The van der Waals surface area contributed by atoms with Crippen molar-refractivity contribution >= 4 is 33.0 Å². The van der Waals surface area contributed by atoms with E-state index in [1.807, 2.05) is 0 Å². The lowest BCUT2D eigenvalue weighted by molar-refractivity contribution is -0.296. The van der Waals surface area contributed by atoms with E-state index in [0.29, 0.717) is 0 Å². The third-order valence-corrected chi connectivity index (χ3v) is 4.47. The third-order valence-electron chi connectivity index (χ3n) is 3.24. The highest BCUT2D eigenvalue weighted by Gasteiger charge is 2.63. The van der Waals surface area contributed by atoms with Crippen LogP contribution in [-0.4, -0.2) is 69.0 Å². The Hall–Kier alpha value is -0.110. The van der Waals surface area contributed by atoms with Crippen molar-refractivity contribution in [2.75, 3.05) is 13.2 Å². The van der Waals surface area contributed by atoms with E-state index in [-0.39, 0.29) is 0 Å². The molecule has 2 fully saturated rings. The van der Waals surface area contributed by atoms with Gasteiger partial charge in [-0.05, 0) is 13.8 Å². The second-order valence-corrected chi connectivity index (χ2v) is 7.94. The number of ether oxygens (including phenoxy) is 3. The molecule has 0 radical (unpaired) electrons. The molecule has 2 unspecified atom stereocenters. The lowest BCUT2D eigenvalue weighted by atomic mass is 9.98. The van der Waals surface area contributed by atoms with Crippen molar-refractivity contribution in [1.82, 2.24) is 0 Å². The standard InChI is InChI=1S/C9H17NO12S3/c1-8(2)19-7-6(21-24(13)14)5(20-23(11)12)3-17-9(7,22-8)4-18-25(10,15)16/h5-7H,3-4H2,1-2H3,(H,11,12)(H,13,14)(H2,10,15,16)/p-2/t5-,6-,7+,9+/m0/s1. The first-order valence-electron chi connectivity index (χ1n) is 6.55. The molecule has 25 heavy (non-hydrogen) atoms. The molecule has 2 rings (SSSR count). The van der Waals surface area contributed by atoms with Crippen LogP contribution in [0.25, 0.3) is 0 Å². The highest BCUT2D eigenvalue weighted by Crippen LogP contribution is 2.44. The van der Waals surface area contributed by atoms with E-state index in [4.69, 9.17) is 19.3 Å². The van der Waals surface area contributed by atoms with Crippen molar-refractivity contribution in [2.24, 2.45) is 5.14 Å². The number of rotatable bonds is 7. The first-order chi connectivity index (χ1) is 11.3. The summed E-state index contributed by atoms with van der Waals surface area (Å²) in [5.74, 6) is -3.30. The Labute approximate surface area is 148 Å². The molecule has 2 saturated heterocycles. The summed E-state index contributed by atoms with van der Waals surface area (Å²) in [5.41, 5.74) is 0. The molecule has 0 aliphatic carbocycles. The Balaban J connectivity index is 2.34. The number of hydrogen-bond donors (Lipinski definition) is 1. The summed E-state index contributed by atoms with van der Waals surface area (Å²) in [5, 5.41) is 4.77. The minimum absolute atomic E-state index is 0.528. The van der Waals surface area contributed by atoms with Crippen LogP contribution in [0.1, 0.15) is 13.8 Å². The molecule has 0 saturated carbocycles. The Morgan fingerprint density at radius 2 is 1.84 bits per heavy atom. The molecular formula is C9H15NO12S3-2. The van der Waals surface area contributed by atoms with Gasteiger partial charge in [-0.2, -0.15) is 8.42 Å². The first-order valence-corrected chi connectivity index (χ1v) is 10.0. The number of fused-ring (bicyclic) bond motifs is 1. The number of hydrogen-bond acceptors (Lipinski definition) is 12. The lowest BCUT2D eigenvalue weighted by Gasteiger charge is -2.43. The fraction of sp³-hybridized carbons (Fsp3) is 1.00. The molecule has 2 aliphatic heterocycles.